The molecule has 2 N–H and O–H groups in total. The zero-order valence-electron chi connectivity index (χ0n) is 13.4. The number of rotatable bonds is 9. The summed E-state index contributed by atoms with van der Waals surface area (Å²) < 4.78 is 4.99. The van der Waals surface area contributed by atoms with Crippen molar-refractivity contribution < 1.29 is 9.53 Å². The summed E-state index contributed by atoms with van der Waals surface area (Å²) in [6, 6.07) is 0. The predicted octanol–water partition coefficient (Wildman–Crippen LogP) is 1.07. The first kappa shape index (κ1) is 17.4. The van der Waals surface area contributed by atoms with Crippen LogP contribution in [0.15, 0.2) is 0 Å². The molecule has 0 aliphatic carbocycles. The lowest BCUT2D eigenvalue weighted by molar-refractivity contribution is -0.149. The minimum Gasteiger partial charge on any atom is -0.465 e. The van der Waals surface area contributed by atoms with Gasteiger partial charge in [0.1, 0.15) is 5.54 Å². The first-order chi connectivity index (χ1) is 9.45. The van der Waals surface area contributed by atoms with Crippen molar-refractivity contribution in [2.75, 3.05) is 46.4 Å². The fourth-order valence-electron chi connectivity index (χ4n) is 2.54. The van der Waals surface area contributed by atoms with Crippen LogP contribution in [-0.4, -0.2) is 67.7 Å². The first-order valence-electron chi connectivity index (χ1n) is 7.82. The average molecular weight is 285 g/mol. The Kier molecular flexibility index (Phi) is 7.48. The topological polar surface area (TPSA) is 58.8 Å². The maximum absolute atomic E-state index is 11.7. The van der Waals surface area contributed by atoms with Crippen molar-refractivity contribution in [2.45, 2.75) is 45.1 Å². The molecule has 1 fully saturated rings. The molecule has 118 valence electrons. The van der Waals surface area contributed by atoms with Crippen LogP contribution >= 0.6 is 0 Å². The Hall–Kier alpha value is -0.650. The van der Waals surface area contributed by atoms with E-state index in [0.29, 0.717) is 13.0 Å². The maximum Gasteiger partial charge on any atom is 0.325 e. The van der Waals surface area contributed by atoms with E-state index in [0.717, 1.165) is 26.1 Å². The minimum absolute atomic E-state index is 0.292. The van der Waals surface area contributed by atoms with Crippen LogP contribution in [0.4, 0.5) is 0 Å². The Balaban J connectivity index is 2.13. The van der Waals surface area contributed by atoms with Crippen LogP contribution < -0.4 is 5.73 Å². The number of carbonyl (C=O) groups excluding carboxylic acids is 1. The lowest BCUT2D eigenvalue weighted by Gasteiger charge is -2.25. The van der Waals surface area contributed by atoms with Crippen molar-refractivity contribution >= 4 is 5.97 Å². The molecular weight excluding hydrogens is 254 g/mol. The highest BCUT2D eigenvalue weighted by Gasteiger charge is 2.29. The summed E-state index contributed by atoms with van der Waals surface area (Å²) in [7, 11) is 2.13. The second-order valence-corrected chi connectivity index (χ2v) is 6.09. The van der Waals surface area contributed by atoms with Gasteiger partial charge in [0.15, 0.2) is 0 Å². The van der Waals surface area contributed by atoms with Crippen LogP contribution in [-0.2, 0) is 9.53 Å². The van der Waals surface area contributed by atoms with Crippen LogP contribution in [0.1, 0.15) is 39.5 Å². The molecule has 5 nitrogen and oxygen atoms in total. The zero-order valence-corrected chi connectivity index (χ0v) is 13.4. The molecule has 0 radical (unpaired) electrons. The van der Waals surface area contributed by atoms with Crippen LogP contribution in [0.3, 0.4) is 0 Å². The number of hydrogen-bond acceptors (Lipinski definition) is 5. The summed E-state index contributed by atoms with van der Waals surface area (Å²) in [5.41, 5.74) is 5.15. The normalized spacial score (nSPS) is 19.2. The first-order valence-corrected chi connectivity index (χ1v) is 7.82. The van der Waals surface area contributed by atoms with Gasteiger partial charge in [-0.25, -0.2) is 0 Å². The van der Waals surface area contributed by atoms with Crippen molar-refractivity contribution in [1.82, 2.24) is 9.80 Å². The Morgan fingerprint density at radius 1 is 1.35 bits per heavy atom. The van der Waals surface area contributed by atoms with Crippen molar-refractivity contribution in [3.8, 4) is 0 Å². The molecular formula is C15H31N3O2. The number of ether oxygens (including phenoxy) is 1. The molecule has 1 rings (SSSR count). The molecule has 0 bridgehead atoms. The molecule has 0 aromatic heterocycles. The fraction of sp³-hybridized carbons (Fsp3) is 0.933. The standard InChI is InChI=1S/C15H31N3O2/c1-4-20-14(19)15(2,16)8-7-9-17(3)12-13-18-10-5-6-11-18/h4-13,16H2,1-3H3. The lowest BCUT2D eigenvalue weighted by Crippen LogP contribution is -2.46. The van der Waals surface area contributed by atoms with Gasteiger partial charge < -0.3 is 20.3 Å². The SMILES string of the molecule is CCOC(=O)C(C)(N)CCCN(C)CCN1CCCC1. The Morgan fingerprint density at radius 3 is 2.60 bits per heavy atom. The largest absolute Gasteiger partial charge is 0.465 e. The van der Waals surface area contributed by atoms with Gasteiger partial charge in [0.25, 0.3) is 0 Å². The van der Waals surface area contributed by atoms with Crippen molar-refractivity contribution in [1.29, 1.82) is 0 Å². The quantitative estimate of drug-likeness (QED) is 0.642. The molecule has 0 aromatic rings. The summed E-state index contributed by atoms with van der Waals surface area (Å²) in [5.74, 6) is -0.292. The number of likely N-dealkylation sites (tertiary alicyclic amines) is 1. The number of esters is 1. The van der Waals surface area contributed by atoms with E-state index in [1.54, 1.807) is 13.8 Å². The van der Waals surface area contributed by atoms with Crippen LogP contribution in [0.5, 0.6) is 0 Å². The average Bonchev–Trinajstić information content (AvgIpc) is 2.89. The summed E-state index contributed by atoms with van der Waals surface area (Å²) in [4.78, 5) is 16.5. The summed E-state index contributed by atoms with van der Waals surface area (Å²) in [6.45, 7) is 9.65. The molecule has 1 aliphatic heterocycles. The van der Waals surface area contributed by atoms with Crippen LogP contribution in [0, 0.1) is 0 Å². The lowest BCUT2D eigenvalue weighted by atomic mass is 9.97. The minimum atomic E-state index is -0.855. The predicted molar refractivity (Wildman–Crippen MR) is 81.6 cm³/mol. The summed E-state index contributed by atoms with van der Waals surface area (Å²) >= 11 is 0. The number of hydrogen-bond donors (Lipinski definition) is 1. The maximum atomic E-state index is 11.7. The molecule has 0 spiro atoms. The molecule has 1 aliphatic rings. The highest BCUT2D eigenvalue weighted by molar-refractivity contribution is 5.79. The Labute approximate surface area is 123 Å². The van der Waals surface area contributed by atoms with E-state index >= 15 is 0 Å². The van der Waals surface area contributed by atoms with Gasteiger partial charge in [-0.05, 0) is 66.2 Å². The van der Waals surface area contributed by atoms with Gasteiger partial charge in [-0.1, -0.05) is 0 Å². The van der Waals surface area contributed by atoms with Crippen molar-refractivity contribution in [3.63, 3.8) is 0 Å². The molecule has 1 unspecified atom stereocenters. The molecule has 0 saturated carbocycles. The number of nitrogens with zero attached hydrogens (tertiary/aromatic N) is 2. The molecule has 20 heavy (non-hydrogen) atoms. The van der Waals surface area contributed by atoms with Crippen LogP contribution in [0.2, 0.25) is 0 Å². The Morgan fingerprint density at radius 2 is 2.00 bits per heavy atom. The number of nitrogens with two attached hydrogens (primary N) is 1. The summed E-state index contributed by atoms with van der Waals surface area (Å²) in [6.07, 6.45) is 4.27. The van der Waals surface area contributed by atoms with E-state index in [-0.39, 0.29) is 5.97 Å². The third-order valence-corrected chi connectivity index (χ3v) is 3.97. The highest BCUT2D eigenvalue weighted by Crippen LogP contribution is 2.12. The second-order valence-electron chi connectivity index (χ2n) is 6.09. The number of likely N-dealkylation sites (N-methyl/N-ethyl adjacent to an activating group) is 1. The van der Waals surface area contributed by atoms with Gasteiger partial charge in [0.2, 0.25) is 0 Å². The molecule has 0 amide bonds. The van der Waals surface area contributed by atoms with Gasteiger partial charge in [-0.15, -0.1) is 0 Å². The third kappa shape index (κ3) is 6.20. The molecule has 1 heterocycles. The van der Waals surface area contributed by atoms with E-state index in [4.69, 9.17) is 10.5 Å². The van der Waals surface area contributed by atoms with Crippen LogP contribution in [0.25, 0.3) is 0 Å². The van der Waals surface area contributed by atoms with E-state index in [1.807, 2.05) is 0 Å². The highest BCUT2D eigenvalue weighted by atomic mass is 16.5. The van der Waals surface area contributed by atoms with Gasteiger partial charge >= 0.3 is 5.97 Å². The number of carbonyl (C=O) groups is 1. The smallest absolute Gasteiger partial charge is 0.325 e. The van der Waals surface area contributed by atoms with E-state index in [9.17, 15) is 4.79 Å². The summed E-state index contributed by atoms with van der Waals surface area (Å²) in [5, 5.41) is 0. The van der Waals surface area contributed by atoms with Gasteiger partial charge in [-0.2, -0.15) is 0 Å². The van der Waals surface area contributed by atoms with Gasteiger partial charge in [0.05, 0.1) is 6.61 Å². The monoisotopic (exact) mass is 285 g/mol. The van der Waals surface area contributed by atoms with E-state index in [2.05, 4.69) is 16.8 Å². The zero-order chi connectivity index (χ0) is 15.0. The van der Waals surface area contributed by atoms with Gasteiger partial charge in [-0.3, -0.25) is 4.79 Å². The fourth-order valence-corrected chi connectivity index (χ4v) is 2.54. The molecule has 0 aromatic carbocycles. The Bertz CT molecular complexity index is 289. The second kappa shape index (κ2) is 8.60. The van der Waals surface area contributed by atoms with Gasteiger partial charge in [0, 0.05) is 13.1 Å². The molecule has 1 atom stereocenters. The van der Waals surface area contributed by atoms with E-state index in [1.165, 1.54) is 25.9 Å². The van der Waals surface area contributed by atoms with Crippen molar-refractivity contribution in [2.24, 2.45) is 5.73 Å². The molecule has 5 heteroatoms. The van der Waals surface area contributed by atoms with Crippen molar-refractivity contribution in [3.05, 3.63) is 0 Å². The third-order valence-electron chi connectivity index (χ3n) is 3.97. The molecule has 1 saturated heterocycles. The van der Waals surface area contributed by atoms with E-state index < -0.39 is 5.54 Å².